The van der Waals surface area contributed by atoms with Crippen LogP contribution in [-0.2, 0) is 0 Å². The predicted octanol–water partition coefficient (Wildman–Crippen LogP) is 0.121. The van der Waals surface area contributed by atoms with Crippen LogP contribution >= 0.6 is 0 Å². The maximum Gasteiger partial charge on any atom is 0.419 e. The number of nitrogens with one attached hydrogen (secondary N) is 1. The van der Waals surface area contributed by atoms with Crippen molar-refractivity contribution in [3.63, 3.8) is 0 Å². The zero-order chi connectivity index (χ0) is 6.57. The molecule has 2 N–H and O–H groups in total. The summed E-state index contributed by atoms with van der Waals surface area (Å²) in [5.74, 6) is 0. The second-order valence-electron chi connectivity index (χ2n) is 1.43. The molecule has 4 heteroatoms. The Hall–Kier alpha value is -0.770. The van der Waals surface area contributed by atoms with Gasteiger partial charge < -0.3 is 5.11 Å². The third-order valence-corrected chi connectivity index (χ3v) is 0.761. The Morgan fingerprint density at radius 1 is 1.88 bits per heavy atom. The van der Waals surface area contributed by atoms with Crippen LogP contribution in [0.1, 0.15) is 6.92 Å². The first-order chi connectivity index (χ1) is 3.66. The van der Waals surface area contributed by atoms with Gasteiger partial charge in [-0.05, 0) is 0 Å². The minimum atomic E-state index is -1.02. The normalized spacial score (nSPS) is 9.38. The maximum absolute atomic E-state index is 9.82. The minimum Gasteiger partial charge on any atom is -0.464 e. The Bertz CT molecular complexity index is 84.1. The van der Waals surface area contributed by atoms with Gasteiger partial charge in [0.1, 0.15) is 0 Å². The molecule has 0 aromatic carbocycles. The highest BCUT2D eigenvalue weighted by molar-refractivity contribution is 5.63. The van der Waals surface area contributed by atoms with Crippen LogP contribution in [0.15, 0.2) is 0 Å². The van der Waals surface area contributed by atoms with Crippen molar-refractivity contribution in [1.29, 1.82) is 0 Å². The molecular weight excluding hydrogens is 108 g/mol. The topological polar surface area (TPSA) is 52.6 Å². The van der Waals surface area contributed by atoms with Crippen LogP contribution in [0, 0.1) is 0 Å². The van der Waals surface area contributed by atoms with E-state index >= 15 is 0 Å². The molecule has 0 rings (SSSR count). The number of carbonyl (C=O) groups is 1. The number of hydrazine groups is 1. The lowest BCUT2D eigenvalue weighted by Crippen LogP contribution is -2.37. The smallest absolute Gasteiger partial charge is 0.419 e. The molecule has 0 heterocycles. The van der Waals surface area contributed by atoms with Gasteiger partial charge in [0.15, 0.2) is 0 Å². The highest BCUT2D eigenvalue weighted by Crippen LogP contribution is 1.70. The van der Waals surface area contributed by atoms with Crippen molar-refractivity contribution < 1.29 is 9.90 Å². The van der Waals surface area contributed by atoms with Crippen LogP contribution in [-0.4, -0.2) is 29.8 Å². The molecule has 0 spiro atoms. The van der Waals surface area contributed by atoms with Crippen LogP contribution in [0.5, 0.6) is 0 Å². The fraction of sp³-hybridized carbons (Fsp3) is 0.750. The van der Waals surface area contributed by atoms with E-state index in [1.807, 2.05) is 6.92 Å². The second-order valence-corrected chi connectivity index (χ2v) is 1.43. The number of carboxylic acid groups (broad SMARTS) is 1. The summed E-state index contributed by atoms with van der Waals surface area (Å²) in [4.78, 5) is 9.82. The van der Waals surface area contributed by atoms with Crippen molar-refractivity contribution in [2.24, 2.45) is 0 Å². The molecule has 0 aliphatic carbocycles. The van der Waals surface area contributed by atoms with Crippen LogP contribution < -0.4 is 5.43 Å². The molecule has 0 bridgehead atoms. The van der Waals surface area contributed by atoms with Gasteiger partial charge in [0.2, 0.25) is 0 Å². The van der Waals surface area contributed by atoms with Gasteiger partial charge in [-0.25, -0.2) is 9.80 Å². The average molecular weight is 118 g/mol. The summed E-state index contributed by atoms with van der Waals surface area (Å²) in [7, 11) is 1.66. The van der Waals surface area contributed by atoms with E-state index in [9.17, 15) is 4.79 Å². The summed E-state index contributed by atoms with van der Waals surface area (Å²) in [6, 6.07) is 0. The standard InChI is InChI=1S/C4H10N2O2/c1-3-6(2)5-4(7)8/h5H,3H2,1-2H3,(H,7,8). The van der Waals surface area contributed by atoms with Gasteiger partial charge in [0.25, 0.3) is 0 Å². The third-order valence-electron chi connectivity index (χ3n) is 0.761. The monoisotopic (exact) mass is 118 g/mol. The molecule has 0 radical (unpaired) electrons. The van der Waals surface area contributed by atoms with E-state index in [1.165, 1.54) is 5.01 Å². The summed E-state index contributed by atoms with van der Waals surface area (Å²) in [6.45, 7) is 2.53. The van der Waals surface area contributed by atoms with Gasteiger partial charge in [-0.1, -0.05) is 6.92 Å². The molecule has 0 aromatic rings. The molecule has 8 heavy (non-hydrogen) atoms. The van der Waals surface area contributed by atoms with E-state index in [2.05, 4.69) is 5.43 Å². The number of rotatable bonds is 2. The Morgan fingerprint density at radius 3 is 2.50 bits per heavy atom. The van der Waals surface area contributed by atoms with E-state index in [-0.39, 0.29) is 0 Å². The minimum absolute atomic E-state index is 0.673. The van der Waals surface area contributed by atoms with E-state index in [0.717, 1.165) is 0 Å². The average Bonchev–Trinajstić information content (AvgIpc) is 1.65. The summed E-state index contributed by atoms with van der Waals surface area (Å²) in [6.07, 6.45) is -1.02. The third kappa shape index (κ3) is 3.42. The van der Waals surface area contributed by atoms with Crippen LogP contribution in [0.3, 0.4) is 0 Å². The van der Waals surface area contributed by atoms with Crippen LogP contribution in [0.4, 0.5) is 4.79 Å². The zero-order valence-corrected chi connectivity index (χ0v) is 5.01. The molecule has 0 unspecified atom stereocenters. The largest absolute Gasteiger partial charge is 0.464 e. The first-order valence-corrected chi connectivity index (χ1v) is 2.37. The summed E-state index contributed by atoms with van der Waals surface area (Å²) < 4.78 is 0. The second kappa shape index (κ2) is 3.26. The molecule has 0 fully saturated rings. The van der Waals surface area contributed by atoms with E-state index in [1.54, 1.807) is 7.05 Å². The Labute approximate surface area is 48.1 Å². The highest BCUT2D eigenvalue weighted by atomic mass is 16.4. The van der Waals surface area contributed by atoms with Gasteiger partial charge >= 0.3 is 6.09 Å². The maximum atomic E-state index is 9.82. The van der Waals surface area contributed by atoms with Gasteiger partial charge in [-0.3, -0.25) is 5.43 Å². The fourth-order valence-corrected chi connectivity index (χ4v) is 0.242. The number of hydrogen-bond acceptors (Lipinski definition) is 2. The van der Waals surface area contributed by atoms with Crippen LogP contribution in [0.2, 0.25) is 0 Å². The molecule has 0 saturated carbocycles. The van der Waals surface area contributed by atoms with Gasteiger partial charge in [0, 0.05) is 13.6 Å². The zero-order valence-electron chi connectivity index (χ0n) is 5.01. The predicted molar refractivity (Wildman–Crippen MR) is 29.5 cm³/mol. The van der Waals surface area contributed by atoms with E-state index < -0.39 is 6.09 Å². The van der Waals surface area contributed by atoms with Gasteiger partial charge in [-0.15, -0.1) is 0 Å². The van der Waals surface area contributed by atoms with Gasteiger partial charge in [-0.2, -0.15) is 0 Å². The Morgan fingerprint density at radius 2 is 2.38 bits per heavy atom. The fourth-order valence-electron chi connectivity index (χ4n) is 0.242. The molecule has 0 atom stereocenters. The van der Waals surface area contributed by atoms with Crippen molar-refractivity contribution in [3.05, 3.63) is 0 Å². The summed E-state index contributed by atoms with van der Waals surface area (Å²) in [5, 5.41) is 9.54. The number of amides is 1. The lowest BCUT2D eigenvalue weighted by molar-refractivity contribution is 0.157. The van der Waals surface area contributed by atoms with Crippen molar-refractivity contribution in [2.45, 2.75) is 6.92 Å². The van der Waals surface area contributed by atoms with E-state index in [0.29, 0.717) is 6.54 Å². The molecule has 0 aromatic heterocycles. The molecule has 4 nitrogen and oxygen atoms in total. The highest BCUT2D eigenvalue weighted by Gasteiger charge is 1.95. The van der Waals surface area contributed by atoms with Gasteiger partial charge in [0.05, 0.1) is 0 Å². The quantitative estimate of drug-likeness (QED) is 0.506. The lowest BCUT2D eigenvalue weighted by Gasteiger charge is -2.11. The van der Waals surface area contributed by atoms with Crippen molar-refractivity contribution in [2.75, 3.05) is 13.6 Å². The Kier molecular flexibility index (Phi) is 2.95. The van der Waals surface area contributed by atoms with Crippen LogP contribution in [0.25, 0.3) is 0 Å². The van der Waals surface area contributed by atoms with E-state index in [4.69, 9.17) is 5.11 Å². The summed E-state index contributed by atoms with van der Waals surface area (Å²) >= 11 is 0. The SMILES string of the molecule is CCN(C)NC(=O)O. The lowest BCUT2D eigenvalue weighted by atomic mass is 10.7. The van der Waals surface area contributed by atoms with Crippen molar-refractivity contribution in [1.82, 2.24) is 10.4 Å². The number of nitrogens with zero attached hydrogens (tertiary/aromatic N) is 1. The number of hydrogen-bond donors (Lipinski definition) is 2. The molecule has 1 amide bonds. The molecular formula is C4H10N2O2. The summed E-state index contributed by atoms with van der Waals surface area (Å²) in [5.41, 5.74) is 2.14. The molecule has 0 saturated heterocycles. The Balaban J connectivity index is 3.24. The molecule has 0 aliphatic rings. The first kappa shape index (κ1) is 7.23. The van der Waals surface area contributed by atoms with Crippen molar-refractivity contribution in [3.8, 4) is 0 Å². The first-order valence-electron chi connectivity index (χ1n) is 2.37. The van der Waals surface area contributed by atoms with Crippen molar-refractivity contribution >= 4 is 6.09 Å². The molecule has 0 aliphatic heterocycles. The molecule has 48 valence electrons.